The first-order chi connectivity index (χ1) is 26.2. The maximum Gasteiger partial charge on any atom is 0.337 e. The molecule has 0 fully saturated rings. The lowest BCUT2D eigenvalue weighted by atomic mass is 10.1. The normalized spacial score (nSPS) is 14.7. The van der Waals surface area contributed by atoms with E-state index < -0.39 is 91.6 Å². The molecule has 0 unspecified atom stereocenters. The number of rotatable bonds is 12. The van der Waals surface area contributed by atoms with Crippen LogP contribution in [-0.2, 0) is 35.1 Å². The molecule has 3 aromatic carbocycles. The fourth-order valence-electron chi connectivity index (χ4n) is 4.37. The number of halogens is 2. The highest BCUT2D eigenvalue weighted by Gasteiger charge is 2.33. The number of nitrogens with zero attached hydrogens (tertiary/aromatic N) is 6. The molecule has 7 N–H and O–H groups in total. The molecule has 0 saturated carbocycles. The lowest BCUT2D eigenvalue weighted by Crippen LogP contribution is -2.25. The van der Waals surface area contributed by atoms with E-state index in [1.54, 1.807) is 12.1 Å². The Morgan fingerprint density at radius 1 is 0.750 bits per heavy atom. The second-order valence-electron chi connectivity index (χ2n) is 10.8. The van der Waals surface area contributed by atoms with Crippen molar-refractivity contribution in [3.63, 3.8) is 0 Å². The van der Waals surface area contributed by atoms with Gasteiger partial charge in [-0.25, -0.2) is 4.79 Å². The number of Topliss-reactive ketones (excluding diaryl/α,β-unsaturated/α-hetero) is 1. The zero-order valence-corrected chi connectivity index (χ0v) is 29.8. The number of hydrazine groups is 1. The van der Waals surface area contributed by atoms with Crippen molar-refractivity contribution in [1.82, 2.24) is 9.97 Å². The highest BCUT2D eigenvalue weighted by Crippen LogP contribution is 2.26. The van der Waals surface area contributed by atoms with Crippen LogP contribution >= 0.6 is 0 Å². The molecule has 1 aliphatic rings. The number of amidine groups is 1. The van der Waals surface area contributed by atoms with Gasteiger partial charge in [-0.15, -0.1) is 20.4 Å². The van der Waals surface area contributed by atoms with Crippen molar-refractivity contribution in [2.75, 3.05) is 16.2 Å². The Labute approximate surface area is 313 Å². The SMILES string of the molecule is O=C1C(S(=O)(=O)O)=CC(S(=O)(=O)O)=C/C1=N/N=C(/N=Nc1cc(S(=O)(=O)O)ccc1C(=O)O)c1cccc(NNc2ccc(Nc3cc(F)nc(F)n3)cc2)c1. The number of ketones is 1. The number of anilines is 4. The monoisotopic (exact) mass is 833 g/mol. The molecule has 21 nitrogen and oxygen atoms in total. The molecule has 0 radical (unpaired) electrons. The number of allylic oxidation sites excluding steroid dienone is 3. The van der Waals surface area contributed by atoms with Crippen LogP contribution in [0, 0.1) is 12.0 Å². The van der Waals surface area contributed by atoms with Crippen molar-refractivity contribution in [1.29, 1.82) is 0 Å². The number of carbonyl (C=O) groups excluding carboxylic acids is 1. The standard InChI is InChI=1S/C30H21F2N9O12S3/c31-25-14-26(35-30(32)34-25)33-16-4-6-17(7-5-16)36-37-18-3-1-2-15(10-18)28(40-38-22-11-19(54(45,46)47)8-9-21(22)29(43)44)41-39-23-12-20(55(48,49)50)13-24(27(23)42)56(51,52)53/h1-14,36-37H,(H,43,44)(H,33,34,35)(H,45,46,47)(H,48,49,50)(H,51,52,53)/b39-23-,40-38?,41-28+. The third kappa shape index (κ3) is 10.3. The van der Waals surface area contributed by atoms with Gasteiger partial charge in [0.2, 0.25) is 17.6 Å². The number of azo groups is 1. The molecule has 290 valence electrons. The highest BCUT2D eigenvalue weighted by atomic mass is 32.2. The molecule has 4 aromatic rings. The van der Waals surface area contributed by atoms with Gasteiger partial charge in [0.1, 0.15) is 22.1 Å². The number of carbonyl (C=O) groups is 2. The molecule has 1 aliphatic carbocycles. The maximum atomic E-state index is 13.4. The fraction of sp³-hybridized carbons (Fsp3) is 0. The summed E-state index contributed by atoms with van der Waals surface area (Å²) in [5.74, 6) is -5.00. The summed E-state index contributed by atoms with van der Waals surface area (Å²) in [6.45, 7) is 0. The molecule has 0 saturated heterocycles. The molecule has 1 heterocycles. The van der Waals surface area contributed by atoms with Gasteiger partial charge < -0.3 is 21.3 Å². The van der Waals surface area contributed by atoms with E-state index in [0.717, 1.165) is 18.2 Å². The Kier molecular flexibility index (Phi) is 11.5. The number of nitrogens with one attached hydrogen (secondary N) is 3. The summed E-state index contributed by atoms with van der Waals surface area (Å²) in [5, 5.41) is 27.2. The number of carboxylic acids is 1. The predicted molar refractivity (Wildman–Crippen MR) is 191 cm³/mol. The summed E-state index contributed by atoms with van der Waals surface area (Å²) in [7, 11) is -15.4. The number of hydrogen-bond acceptors (Lipinski definition) is 16. The van der Waals surface area contributed by atoms with Gasteiger partial charge in [0, 0.05) is 17.3 Å². The smallest absolute Gasteiger partial charge is 0.337 e. The quantitative estimate of drug-likeness (QED) is 0.0155. The summed E-state index contributed by atoms with van der Waals surface area (Å²) >= 11 is 0. The molecule has 56 heavy (non-hydrogen) atoms. The molecular formula is C30H21F2N9O12S3. The summed E-state index contributed by atoms with van der Waals surface area (Å²) < 4.78 is 126. The van der Waals surface area contributed by atoms with Crippen LogP contribution < -0.4 is 16.2 Å². The molecule has 0 aliphatic heterocycles. The highest BCUT2D eigenvalue weighted by molar-refractivity contribution is 7.92. The molecule has 0 bridgehead atoms. The van der Waals surface area contributed by atoms with Gasteiger partial charge in [-0.2, -0.15) is 44.0 Å². The number of aromatic nitrogens is 2. The van der Waals surface area contributed by atoms with E-state index in [9.17, 15) is 62.4 Å². The molecule has 1 aromatic heterocycles. The summed E-state index contributed by atoms with van der Waals surface area (Å²) in [6.07, 6.45) is -0.668. The van der Waals surface area contributed by atoms with Gasteiger partial charge in [0.15, 0.2) is 0 Å². The van der Waals surface area contributed by atoms with Crippen LogP contribution in [0.1, 0.15) is 15.9 Å². The Bertz CT molecular complexity index is 2760. The van der Waals surface area contributed by atoms with E-state index in [-0.39, 0.29) is 23.1 Å². The van der Waals surface area contributed by atoms with Crippen molar-refractivity contribution in [2.45, 2.75) is 4.90 Å². The molecule has 5 rings (SSSR count). The second kappa shape index (κ2) is 15.9. The Morgan fingerprint density at radius 2 is 1.43 bits per heavy atom. The van der Waals surface area contributed by atoms with Gasteiger partial charge in [0.05, 0.1) is 26.7 Å². The number of carboxylic acid groups (broad SMARTS) is 1. The minimum Gasteiger partial charge on any atom is -0.478 e. The average Bonchev–Trinajstić information content (AvgIpc) is 3.10. The number of aromatic carboxylic acids is 1. The Balaban J connectivity index is 1.51. The first-order valence-electron chi connectivity index (χ1n) is 14.7. The first-order valence-corrected chi connectivity index (χ1v) is 19.0. The van der Waals surface area contributed by atoms with Crippen LogP contribution in [0.4, 0.5) is 37.3 Å². The number of hydrogen-bond donors (Lipinski definition) is 7. The van der Waals surface area contributed by atoms with Crippen LogP contribution in [0.25, 0.3) is 0 Å². The third-order valence-corrected chi connectivity index (χ3v) is 9.42. The van der Waals surface area contributed by atoms with E-state index in [1.807, 2.05) is 0 Å². The van der Waals surface area contributed by atoms with Crippen LogP contribution in [0.3, 0.4) is 0 Å². The van der Waals surface area contributed by atoms with E-state index in [1.165, 1.54) is 36.4 Å². The number of benzene rings is 3. The van der Waals surface area contributed by atoms with Crippen LogP contribution in [0.2, 0.25) is 0 Å². The van der Waals surface area contributed by atoms with Gasteiger partial charge >= 0.3 is 12.0 Å². The molecule has 0 atom stereocenters. The zero-order chi connectivity index (χ0) is 41.0. The van der Waals surface area contributed by atoms with Crippen molar-refractivity contribution in [3.05, 3.63) is 118 Å². The van der Waals surface area contributed by atoms with Gasteiger partial charge in [-0.1, -0.05) is 12.1 Å². The van der Waals surface area contributed by atoms with Crippen LogP contribution in [0.15, 0.2) is 120 Å². The molecule has 0 spiro atoms. The summed E-state index contributed by atoms with van der Waals surface area (Å²) in [6, 6.07) is 14.9. The lowest BCUT2D eigenvalue weighted by Gasteiger charge is -2.12. The molecular weight excluding hydrogens is 813 g/mol. The minimum atomic E-state index is -5.37. The maximum absolute atomic E-state index is 13.4. The Morgan fingerprint density at radius 3 is 2.05 bits per heavy atom. The van der Waals surface area contributed by atoms with Crippen molar-refractivity contribution in [3.8, 4) is 0 Å². The minimum absolute atomic E-state index is 0.0376. The van der Waals surface area contributed by atoms with Gasteiger partial charge in [0.25, 0.3) is 30.4 Å². The van der Waals surface area contributed by atoms with Crippen LogP contribution in [-0.4, -0.2) is 77.3 Å². The van der Waals surface area contributed by atoms with E-state index in [4.69, 9.17) is 0 Å². The summed E-state index contributed by atoms with van der Waals surface area (Å²) in [5.41, 5.74) is 4.46. The van der Waals surface area contributed by atoms with Gasteiger partial charge in [-0.3, -0.25) is 18.5 Å². The van der Waals surface area contributed by atoms with E-state index in [2.05, 4.69) is 46.6 Å². The zero-order valence-electron chi connectivity index (χ0n) is 27.3. The van der Waals surface area contributed by atoms with Crippen LogP contribution in [0.5, 0.6) is 0 Å². The largest absolute Gasteiger partial charge is 0.478 e. The van der Waals surface area contributed by atoms with E-state index >= 15 is 0 Å². The van der Waals surface area contributed by atoms with Crippen molar-refractivity contribution in [2.24, 2.45) is 20.4 Å². The third-order valence-electron chi connectivity index (χ3n) is 6.88. The van der Waals surface area contributed by atoms with Gasteiger partial charge in [-0.05, 0) is 66.7 Å². The Hall–Kier alpha value is -6.71. The van der Waals surface area contributed by atoms with E-state index in [0.29, 0.717) is 23.5 Å². The predicted octanol–water partition coefficient (Wildman–Crippen LogP) is 3.89. The fourth-order valence-corrected chi connectivity index (χ4v) is 6.09. The topological polar surface area (TPSA) is 329 Å². The average molecular weight is 834 g/mol. The lowest BCUT2D eigenvalue weighted by molar-refractivity contribution is -0.109. The van der Waals surface area contributed by atoms with Crippen molar-refractivity contribution < 1.29 is 62.4 Å². The molecule has 0 amide bonds. The second-order valence-corrected chi connectivity index (χ2v) is 15.0. The van der Waals surface area contributed by atoms with Crippen molar-refractivity contribution >= 4 is 82.2 Å². The first kappa shape index (κ1) is 40.5. The molecule has 26 heteroatoms. The summed E-state index contributed by atoms with van der Waals surface area (Å²) in [4.78, 5) is 27.6.